The summed E-state index contributed by atoms with van der Waals surface area (Å²) in [7, 11) is 1.91. The van der Waals surface area contributed by atoms with Gasteiger partial charge < -0.3 is 14.6 Å². The number of ether oxygens (including phenoxy) is 1. The van der Waals surface area contributed by atoms with Crippen molar-refractivity contribution in [3.63, 3.8) is 0 Å². The minimum Gasteiger partial charge on any atom is -0.381 e. The highest BCUT2D eigenvalue weighted by Gasteiger charge is 2.31. The molecule has 2 heterocycles. The van der Waals surface area contributed by atoms with Crippen LogP contribution in [0.25, 0.3) is 11.4 Å². The van der Waals surface area contributed by atoms with Crippen molar-refractivity contribution in [2.75, 3.05) is 20.3 Å². The highest BCUT2D eigenvalue weighted by molar-refractivity contribution is 9.10. The van der Waals surface area contributed by atoms with E-state index in [0.29, 0.717) is 23.9 Å². The Hall–Kier alpha value is -1.31. The summed E-state index contributed by atoms with van der Waals surface area (Å²) in [6, 6.07) is 4.62. The van der Waals surface area contributed by atoms with Gasteiger partial charge in [-0.15, -0.1) is 0 Å². The summed E-state index contributed by atoms with van der Waals surface area (Å²) < 4.78 is 24.9. The normalized spacial score (nSPS) is 22.4. The number of benzene rings is 1. The van der Waals surface area contributed by atoms with Gasteiger partial charge in [0.15, 0.2) is 0 Å². The predicted molar refractivity (Wildman–Crippen MR) is 78.4 cm³/mol. The molecule has 3 rings (SSSR count). The molecule has 1 saturated heterocycles. The van der Waals surface area contributed by atoms with Crippen LogP contribution >= 0.6 is 15.9 Å². The average Bonchev–Trinajstić information content (AvgIpc) is 2.99. The van der Waals surface area contributed by atoms with Gasteiger partial charge in [0.2, 0.25) is 11.7 Å². The quantitative estimate of drug-likeness (QED) is 0.917. The van der Waals surface area contributed by atoms with Crippen molar-refractivity contribution in [3.8, 4) is 11.4 Å². The molecule has 0 bridgehead atoms. The van der Waals surface area contributed by atoms with Gasteiger partial charge in [0, 0.05) is 22.7 Å². The fourth-order valence-corrected chi connectivity index (χ4v) is 2.91. The van der Waals surface area contributed by atoms with Gasteiger partial charge in [0.1, 0.15) is 5.82 Å². The lowest BCUT2D eigenvalue weighted by atomic mass is 9.96. The van der Waals surface area contributed by atoms with Crippen LogP contribution in [0.15, 0.2) is 27.2 Å². The van der Waals surface area contributed by atoms with Crippen LogP contribution in [-0.4, -0.2) is 36.4 Å². The number of hydrogen-bond acceptors (Lipinski definition) is 5. The number of nitrogens with one attached hydrogen (secondary N) is 1. The number of likely N-dealkylation sites (N-methyl/N-ethyl adjacent to an activating group) is 1. The van der Waals surface area contributed by atoms with E-state index >= 15 is 0 Å². The Morgan fingerprint density at radius 2 is 2.29 bits per heavy atom. The summed E-state index contributed by atoms with van der Waals surface area (Å²) in [6.45, 7) is 1.26. The van der Waals surface area contributed by atoms with Crippen LogP contribution in [0.2, 0.25) is 0 Å². The molecular weight excluding hydrogens is 341 g/mol. The van der Waals surface area contributed by atoms with Gasteiger partial charge in [0.25, 0.3) is 0 Å². The molecule has 2 atom stereocenters. The largest absolute Gasteiger partial charge is 0.381 e. The zero-order valence-corrected chi connectivity index (χ0v) is 13.1. The minimum atomic E-state index is -0.339. The summed E-state index contributed by atoms with van der Waals surface area (Å²) in [5.74, 6) is 0.558. The zero-order valence-electron chi connectivity index (χ0n) is 11.5. The Morgan fingerprint density at radius 1 is 1.43 bits per heavy atom. The Labute approximate surface area is 130 Å². The molecule has 5 nitrogen and oxygen atoms in total. The van der Waals surface area contributed by atoms with Gasteiger partial charge in [-0.3, -0.25) is 0 Å². The molecule has 1 aliphatic heterocycles. The lowest BCUT2D eigenvalue weighted by molar-refractivity contribution is 0.0516. The fourth-order valence-electron chi connectivity index (χ4n) is 2.49. The maximum absolute atomic E-state index is 13.4. The molecule has 1 aliphatic rings. The second-order valence-electron chi connectivity index (χ2n) is 4.95. The van der Waals surface area contributed by atoms with Gasteiger partial charge in [-0.2, -0.15) is 4.98 Å². The molecule has 0 saturated carbocycles. The van der Waals surface area contributed by atoms with Crippen LogP contribution in [0.5, 0.6) is 0 Å². The summed E-state index contributed by atoms with van der Waals surface area (Å²) >= 11 is 3.37. The molecule has 0 spiro atoms. The molecule has 112 valence electrons. The lowest BCUT2D eigenvalue weighted by Gasteiger charge is -2.28. The molecule has 1 N–H and O–H groups in total. The van der Waals surface area contributed by atoms with Crippen molar-refractivity contribution in [1.82, 2.24) is 15.5 Å². The Bertz CT molecular complexity index is 634. The monoisotopic (exact) mass is 355 g/mol. The molecule has 2 unspecified atom stereocenters. The molecule has 2 aromatic rings. The first kappa shape index (κ1) is 14.6. The molecule has 7 heteroatoms. The maximum atomic E-state index is 13.4. The first-order valence-electron chi connectivity index (χ1n) is 6.73. The van der Waals surface area contributed by atoms with E-state index in [4.69, 9.17) is 9.26 Å². The van der Waals surface area contributed by atoms with Crippen LogP contribution in [-0.2, 0) is 4.74 Å². The van der Waals surface area contributed by atoms with Crippen molar-refractivity contribution in [2.24, 2.45) is 0 Å². The van der Waals surface area contributed by atoms with Crippen molar-refractivity contribution < 1.29 is 13.7 Å². The Morgan fingerprint density at radius 3 is 3.10 bits per heavy atom. The molecule has 0 aliphatic carbocycles. The highest BCUT2D eigenvalue weighted by Crippen LogP contribution is 2.30. The van der Waals surface area contributed by atoms with Gasteiger partial charge >= 0.3 is 0 Å². The average molecular weight is 356 g/mol. The van der Waals surface area contributed by atoms with Crippen molar-refractivity contribution in [3.05, 3.63) is 34.4 Å². The molecule has 1 aromatic heterocycles. The van der Waals surface area contributed by atoms with Crippen molar-refractivity contribution >= 4 is 15.9 Å². The number of halogens is 2. The van der Waals surface area contributed by atoms with Gasteiger partial charge in [-0.1, -0.05) is 21.1 Å². The highest BCUT2D eigenvalue weighted by atomic mass is 79.9. The molecule has 21 heavy (non-hydrogen) atoms. The summed E-state index contributed by atoms with van der Waals surface area (Å²) in [5.41, 5.74) is 0.572. The molecule has 1 fully saturated rings. The molecular formula is C14H15BrFN3O2. The minimum absolute atomic E-state index is 0.0114. The van der Waals surface area contributed by atoms with Gasteiger partial charge in [-0.25, -0.2) is 4.39 Å². The van der Waals surface area contributed by atoms with E-state index in [9.17, 15) is 4.39 Å². The number of nitrogens with zero attached hydrogens (tertiary/aromatic N) is 2. The molecule has 0 radical (unpaired) electrons. The second-order valence-corrected chi connectivity index (χ2v) is 5.80. The lowest BCUT2D eigenvalue weighted by Crippen LogP contribution is -2.39. The molecule has 1 aromatic carbocycles. The van der Waals surface area contributed by atoms with E-state index in [1.54, 1.807) is 6.07 Å². The zero-order chi connectivity index (χ0) is 14.8. The van der Waals surface area contributed by atoms with Crippen LogP contribution < -0.4 is 5.32 Å². The van der Waals surface area contributed by atoms with Crippen molar-refractivity contribution in [1.29, 1.82) is 0 Å². The number of rotatable bonds is 3. The van der Waals surface area contributed by atoms with Gasteiger partial charge in [-0.05, 0) is 31.7 Å². The maximum Gasteiger partial charge on any atom is 0.233 e. The third-order valence-corrected chi connectivity index (χ3v) is 4.35. The predicted octanol–water partition coefficient (Wildman–Crippen LogP) is 2.73. The van der Waals surface area contributed by atoms with E-state index in [-0.39, 0.29) is 17.8 Å². The first-order chi connectivity index (χ1) is 10.2. The third-order valence-electron chi connectivity index (χ3n) is 3.66. The molecule has 0 amide bonds. The number of aromatic nitrogens is 2. The number of hydrogen-bond donors (Lipinski definition) is 1. The van der Waals surface area contributed by atoms with E-state index in [1.807, 2.05) is 7.05 Å². The van der Waals surface area contributed by atoms with Crippen molar-refractivity contribution in [2.45, 2.75) is 18.4 Å². The van der Waals surface area contributed by atoms with E-state index in [0.717, 1.165) is 17.5 Å². The topological polar surface area (TPSA) is 60.2 Å². The summed E-state index contributed by atoms with van der Waals surface area (Å²) in [5, 5.41) is 7.21. The van der Waals surface area contributed by atoms with E-state index < -0.39 is 0 Å². The van der Waals surface area contributed by atoms with E-state index in [1.165, 1.54) is 12.1 Å². The van der Waals surface area contributed by atoms with E-state index in [2.05, 4.69) is 31.4 Å². The van der Waals surface area contributed by atoms with Gasteiger partial charge in [0.05, 0.1) is 12.5 Å². The van der Waals surface area contributed by atoms with Crippen LogP contribution in [0.1, 0.15) is 18.2 Å². The Kier molecular flexibility index (Phi) is 4.32. The Balaban J connectivity index is 1.90. The smallest absolute Gasteiger partial charge is 0.233 e. The summed E-state index contributed by atoms with van der Waals surface area (Å²) in [6.07, 6.45) is 0.891. The second kappa shape index (κ2) is 6.21. The SMILES string of the molecule is CNC1CCOCC1c1nc(-c2cc(F)ccc2Br)no1. The summed E-state index contributed by atoms with van der Waals surface area (Å²) in [4.78, 5) is 4.41. The fraction of sp³-hybridized carbons (Fsp3) is 0.429. The van der Waals surface area contributed by atoms with Crippen LogP contribution in [0, 0.1) is 5.82 Å². The third kappa shape index (κ3) is 3.00. The first-order valence-corrected chi connectivity index (χ1v) is 7.52. The van der Waals surface area contributed by atoms with Crippen LogP contribution in [0.4, 0.5) is 4.39 Å². The standard InChI is InChI=1S/C14H15BrFN3O2/c1-17-12-4-5-20-7-10(12)14-18-13(19-21-14)9-6-8(16)2-3-11(9)15/h2-3,6,10,12,17H,4-5,7H2,1H3. The van der Waals surface area contributed by atoms with Crippen LogP contribution in [0.3, 0.4) is 0 Å².